The van der Waals surface area contributed by atoms with E-state index in [2.05, 4.69) is 5.10 Å². The van der Waals surface area contributed by atoms with E-state index in [1.165, 1.54) is 4.68 Å². The number of para-hydroxylation sites is 1. The van der Waals surface area contributed by atoms with Crippen molar-refractivity contribution in [1.29, 1.82) is 5.26 Å². The lowest BCUT2D eigenvalue weighted by atomic mass is 10.3. The molecule has 0 spiro atoms. The van der Waals surface area contributed by atoms with Gasteiger partial charge in [0.1, 0.15) is 11.8 Å². The largest absolute Gasteiger partial charge is 0.392 e. The van der Waals surface area contributed by atoms with Gasteiger partial charge in [-0.25, -0.2) is 4.68 Å². The van der Waals surface area contributed by atoms with Crippen LogP contribution in [0.25, 0.3) is 5.69 Å². The Morgan fingerprint density at radius 1 is 1.33 bits per heavy atom. The first-order valence-electron chi connectivity index (χ1n) is 4.30. The monoisotopic (exact) mass is 200 g/mol. The maximum atomic E-state index is 11.6. The third-order valence-electron chi connectivity index (χ3n) is 2.05. The molecule has 0 aliphatic rings. The van der Waals surface area contributed by atoms with Crippen LogP contribution in [0.5, 0.6) is 0 Å². The second-order valence-corrected chi connectivity index (χ2v) is 2.99. The molecule has 1 aromatic heterocycles. The maximum absolute atomic E-state index is 11.6. The first-order chi connectivity index (χ1) is 7.24. The van der Waals surface area contributed by atoms with Crippen LogP contribution < -0.4 is 11.3 Å². The number of nitrogens with one attached hydrogen (secondary N) is 1. The van der Waals surface area contributed by atoms with E-state index in [0.29, 0.717) is 5.69 Å². The lowest BCUT2D eigenvalue weighted by molar-refractivity contribution is 0.844. The number of hydrogen-bond acceptors (Lipinski definition) is 3. The molecule has 0 saturated carbocycles. The van der Waals surface area contributed by atoms with Crippen LogP contribution >= 0.6 is 0 Å². The van der Waals surface area contributed by atoms with E-state index in [9.17, 15) is 4.79 Å². The summed E-state index contributed by atoms with van der Waals surface area (Å²) < 4.78 is 1.24. The Labute approximate surface area is 85.4 Å². The summed E-state index contributed by atoms with van der Waals surface area (Å²) in [7, 11) is 0. The summed E-state index contributed by atoms with van der Waals surface area (Å²) in [5, 5.41) is 11.3. The van der Waals surface area contributed by atoms with Crippen LogP contribution in [0.3, 0.4) is 0 Å². The first-order valence-corrected chi connectivity index (χ1v) is 4.30. The fourth-order valence-corrected chi connectivity index (χ4v) is 1.29. The topological polar surface area (TPSA) is 87.6 Å². The third-order valence-corrected chi connectivity index (χ3v) is 2.05. The van der Waals surface area contributed by atoms with Gasteiger partial charge in [0.2, 0.25) is 0 Å². The molecule has 1 heterocycles. The molecular weight excluding hydrogens is 192 g/mol. The van der Waals surface area contributed by atoms with Crippen LogP contribution in [-0.2, 0) is 0 Å². The molecule has 0 saturated heterocycles. The molecule has 0 amide bonds. The van der Waals surface area contributed by atoms with Gasteiger partial charge in [0, 0.05) is 0 Å². The van der Waals surface area contributed by atoms with E-state index >= 15 is 0 Å². The summed E-state index contributed by atoms with van der Waals surface area (Å²) in [4.78, 5) is 11.6. The highest BCUT2D eigenvalue weighted by molar-refractivity contribution is 5.50. The van der Waals surface area contributed by atoms with Crippen molar-refractivity contribution >= 4 is 5.69 Å². The number of nitrogen functional groups attached to an aromatic ring is 1. The number of aromatic amines is 1. The summed E-state index contributed by atoms with van der Waals surface area (Å²) in [5.74, 6) is 0. The number of hydrogen-bond donors (Lipinski definition) is 2. The molecule has 0 aliphatic heterocycles. The number of benzene rings is 1. The van der Waals surface area contributed by atoms with E-state index in [-0.39, 0.29) is 11.4 Å². The average Bonchev–Trinajstić information content (AvgIpc) is 2.57. The van der Waals surface area contributed by atoms with Crippen molar-refractivity contribution in [3.63, 3.8) is 0 Å². The minimum absolute atomic E-state index is 0.0543. The van der Waals surface area contributed by atoms with E-state index < -0.39 is 5.56 Å². The fourth-order valence-electron chi connectivity index (χ4n) is 1.29. The predicted octanol–water partition coefficient (Wildman–Crippen LogP) is 0.619. The number of rotatable bonds is 1. The van der Waals surface area contributed by atoms with Crippen LogP contribution in [0.4, 0.5) is 5.69 Å². The Morgan fingerprint density at radius 3 is 2.53 bits per heavy atom. The standard InChI is InChI=1S/C10H8N4O/c11-6-8-9(12)10(15)14(13-8)7-4-2-1-3-5-7/h1-5,13H,12H2. The molecule has 0 atom stereocenters. The SMILES string of the molecule is N#Cc1[nH]n(-c2ccccc2)c(=O)c1N. The van der Waals surface area contributed by atoms with Crippen molar-refractivity contribution in [2.75, 3.05) is 5.73 Å². The van der Waals surface area contributed by atoms with Gasteiger partial charge >= 0.3 is 0 Å². The van der Waals surface area contributed by atoms with Crippen LogP contribution in [0, 0.1) is 11.3 Å². The fraction of sp³-hybridized carbons (Fsp3) is 0. The molecule has 2 rings (SSSR count). The smallest absolute Gasteiger partial charge is 0.295 e. The molecule has 5 heteroatoms. The van der Waals surface area contributed by atoms with Crippen LogP contribution in [0.2, 0.25) is 0 Å². The Morgan fingerprint density at radius 2 is 2.00 bits per heavy atom. The second kappa shape index (κ2) is 3.35. The molecule has 74 valence electrons. The summed E-state index contributed by atoms with van der Waals surface area (Å²) in [6.07, 6.45) is 0. The summed E-state index contributed by atoms with van der Waals surface area (Å²) in [6.45, 7) is 0. The lowest BCUT2D eigenvalue weighted by Crippen LogP contribution is -2.16. The zero-order valence-corrected chi connectivity index (χ0v) is 7.77. The Bertz CT molecular complexity index is 574. The highest BCUT2D eigenvalue weighted by Gasteiger charge is 2.10. The summed E-state index contributed by atoms with van der Waals surface area (Å²) >= 11 is 0. The number of nitriles is 1. The van der Waals surface area contributed by atoms with Crippen LogP contribution in [-0.4, -0.2) is 9.78 Å². The molecule has 15 heavy (non-hydrogen) atoms. The normalized spacial score (nSPS) is 9.80. The number of aromatic nitrogens is 2. The van der Waals surface area contributed by atoms with Gasteiger partial charge in [-0.1, -0.05) is 18.2 Å². The van der Waals surface area contributed by atoms with Crippen LogP contribution in [0.1, 0.15) is 5.69 Å². The van der Waals surface area contributed by atoms with Gasteiger partial charge in [-0.05, 0) is 12.1 Å². The Hall–Kier alpha value is -2.48. The molecular formula is C10H8N4O. The Kier molecular flexibility index (Phi) is 2.03. The molecule has 0 fully saturated rings. The molecule has 0 aliphatic carbocycles. The van der Waals surface area contributed by atoms with Gasteiger partial charge in [-0.3, -0.25) is 9.89 Å². The zero-order valence-electron chi connectivity index (χ0n) is 7.77. The Balaban J connectivity index is 2.67. The molecule has 0 bridgehead atoms. The van der Waals surface area contributed by atoms with E-state index in [4.69, 9.17) is 11.0 Å². The second-order valence-electron chi connectivity index (χ2n) is 2.99. The van der Waals surface area contributed by atoms with E-state index in [0.717, 1.165) is 0 Å². The highest BCUT2D eigenvalue weighted by atomic mass is 16.1. The summed E-state index contributed by atoms with van der Waals surface area (Å²) in [5.41, 5.74) is 5.74. The number of nitrogens with zero attached hydrogens (tertiary/aromatic N) is 2. The quantitative estimate of drug-likeness (QED) is 0.707. The minimum Gasteiger partial charge on any atom is -0.392 e. The first kappa shape index (κ1) is 9.09. The van der Waals surface area contributed by atoms with Crippen molar-refractivity contribution < 1.29 is 0 Å². The maximum Gasteiger partial charge on any atom is 0.295 e. The van der Waals surface area contributed by atoms with Gasteiger partial charge in [0.15, 0.2) is 5.69 Å². The molecule has 0 unspecified atom stereocenters. The van der Waals surface area contributed by atoms with Crippen molar-refractivity contribution in [2.45, 2.75) is 0 Å². The average molecular weight is 200 g/mol. The predicted molar refractivity (Wildman–Crippen MR) is 55.5 cm³/mol. The molecule has 2 aromatic rings. The van der Waals surface area contributed by atoms with E-state index in [1.54, 1.807) is 24.3 Å². The van der Waals surface area contributed by atoms with Gasteiger partial charge in [0.25, 0.3) is 5.56 Å². The van der Waals surface area contributed by atoms with Crippen molar-refractivity contribution in [3.05, 3.63) is 46.4 Å². The summed E-state index contributed by atoms with van der Waals surface area (Å²) in [6, 6.07) is 10.8. The van der Waals surface area contributed by atoms with Gasteiger partial charge in [0.05, 0.1) is 5.69 Å². The lowest BCUT2D eigenvalue weighted by Gasteiger charge is -1.98. The molecule has 0 radical (unpaired) electrons. The van der Waals surface area contributed by atoms with Crippen molar-refractivity contribution in [2.24, 2.45) is 0 Å². The third kappa shape index (κ3) is 1.38. The van der Waals surface area contributed by atoms with Crippen LogP contribution in [0.15, 0.2) is 35.1 Å². The van der Waals surface area contributed by atoms with Gasteiger partial charge in [-0.2, -0.15) is 5.26 Å². The highest BCUT2D eigenvalue weighted by Crippen LogP contribution is 2.07. The van der Waals surface area contributed by atoms with Crippen molar-refractivity contribution in [3.8, 4) is 11.8 Å². The molecule has 1 aromatic carbocycles. The van der Waals surface area contributed by atoms with E-state index in [1.807, 2.05) is 12.1 Å². The minimum atomic E-state index is -0.405. The number of H-pyrrole nitrogens is 1. The number of anilines is 1. The van der Waals surface area contributed by atoms with Gasteiger partial charge in [-0.15, -0.1) is 0 Å². The van der Waals surface area contributed by atoms with Crippen molar-refractivity contribution in [1.82, 2.24) is 9.78 Å². The molecule has 5 nitrogen and oxygen atoms in total. The molecule has 3 N–H and O–H groups in total. The zero-order chi connectivity index (χ0) is 10.8. The van der Waals surface area contributed by atoms with Gasteiger partial charge < -0.3 is 5.73 Å². The number of nitrogens with two attached hydrogens (primary N) is 1.